The van der Waals surface area contributed by atoms with Crippen molar-refractivity contribution in [3.05, 3.63) is 58.3 Å². The summed E-state index contributed by atoms with van der Waals surface area (Å²) < 4.78 is 19.1. The summed E-state index contributed by atoms with van der Waals surface area (Å²) in [5.41, 5.74) is 1.04. The Balaban J connectivity index is 2.31. The van der Waals surface area contributed by atoms with Crippen LogP contribution in [-0.2, 0) is 9.53 Å². The van der Waals surface area contributed by atoms with Crippen molar-refractivity contribution in [2.24, 2.45) is 0 Å². The Morgan fingerprint density at radius 3 is 2.52 bits per heavy atom. The van der Waals surface area contributed by atoms with Gasteiger partial charge in [0.15, 0.2) is 17.6 Å². The third-order valence-electron chi connectivity index (χ3n) is 2.90. The highest BCUT2D eigenvalue weighted by Crippen LogP contribution is 2.25. The second-order valence-corrected chi connectivity index (χ2v) is 5.23. The number of hydrogen-bond acceptors (Lipinski definition) is 4. The first kappa shape index (κ1) is 15.3. The number of rotatable bonds is 4. The van der Waals surface area contributed by atoms with Crippen LogP contribution in [0.1, 0.15) is 11.6 Å². The summed E-state index contributed by atoms with van der Waals surface area (Å²) >= 11 is 3.32. The van der Waals surface area contributed by atoms with E-state index in [1.54, 1.807) is 12.1 Å². The molecule has 0 bridgehead atoms. The average Bonchev–Trinajstić information content (AvgIpc) is 2.49. The molecule has 6 heteroatoms. The fourth-order valence-electron chi connectivity index (χ4n) is 1.81. The minimum Gasteiger partial charge on any atom is -0.505 e. The van der Waals surface area contributed by atoms with Gasteiger partial charge in [-0.3, -0.25) is 0 Å². The normalized spacial score (nSPS) is 11.8. The van der Waals surface area contributed by atoms with Gasteiger partial charge in [0.25, 0.3) is 0 Å². The van der Waals surface area contributed by atoms with E-state index in [2.05, 4.69) is 21.2 Å². The van der Waals surface area contributed by atoms with E-state index >= 15 is 0 Å². The lowest BCUT2D eigenvalue weighted by atomic mass is 10.1. The van der Waals surface area contributed by atoms with Crippen LogP contribution < -0.4 is 5.32 Å². The molecule has 2 rings (SSSR count). The number of phenolic OH excluding ortho intramolecular Hbond substituents is 1. The lowest BCUT2D eigenvalue weighted by Gasteiger charge is -2.18. The zero-order valence-corrected chi connectivity index (χ0v) is 12.7. The Morgan fingerprint density at radius 1 is 1.29 bits per heavy atom. The molecule has 0 radical (unpaired) electrons. The van der Waals surface area contributed by atoms with Crippen LogP contribution in [0.15, 0.2) is 46.9 Å². The molecule has 0 aromatic heterocycles. The summed E-state index contributed by atoms with van der Waals surface area (Å²) in [6.45, 7) is 0. The van der Waals surface area contributed by atoms with Crippen LogP contribution >= 0.6 is 15.9 Å². The SMILES string of the molecule is COC(=O)C(Nc1ccc(Br)cc1)c1ccc(O)c(F)c1. The van der Waals surface area contributed by atoms with Crippen LogP contribution in [-0.4, -0.2) is 18.2 Å². The van der Waals surface area contributed by atoms with Gasteiger partial charge in [0.1, 0.15) is 0 Å². The Bertz CT molecular complexity index is 646. The molecule has 0 aliphatic rings. The lowest BCUT2D eigenvalue weighted by Crippen LogP contribution is -2.22. The zero-order valence-electron chi connectivity index (χ0n) is 11.1. The van der Waals surface area contributed by atoms with Gasteiger partial charge in [-0.05, 0) is 42.0 Å². The maximum Gasteiger partial charge on any atom is 0.332 e. The molecule has 0 saturated heterocycles. The summed E-state index contributed by atoms with van der Waals surface area (Å²) in [5.74, 6) is -1.81. The van der Waals surface area contributed by atoms with Crippen molar-refractivity contribution in [2.45, 2.75) is 6.04 Å². The molecular formula is C15H13BrFNO3. The molecule has 2 N–H and O–H groups in total. The number of hydrogen-bond donors (Lipinski definition) is 2. The zero-order chi connectivity index (χ0) is 15.4. The summed E-state index contributed by atoms with van der Waals surface area (Å²) in [5, 5.41) is 12.2. The van der Waals surface area contributed by atoms with Crippen molar-refractivity contribution in [2.75, 3.05) is 12.4 Å². The molecule has 0 fully saturated rings. The molecule has 0 saturated carbocycles. The van der Waals surface area contributed by atoms with Gasteiger partial charge in [0, 0.05) is 10.2 Å². The van der Waals surface area contributed by atoms with Gasteiger partial charge in [-0.25, -0.2) is 9.18 Å². The first-order valence-electron chi connectivity index (χ1n) is 6.09. The number of methoxy groups -OCH3 is 1. The molecule has 0 heterocycles. The Morgan fingerprint density at radius 2 is 1.95 bits per heavy atom. The molecule has 0 aliphatic heterocycles. The molecule has 21 heavy (non-hydrogen) atoms. The maximum atomic E-state index is 13.5. The number of anilines is 1. The minimum absolute atomic E-state index is 0.361. The first-order chi connectivity index (χ1) is 10.0. The molecule has 0 spiro atoms. The van der Waals surface area contributed by atoms with E-state index in [4.69, 9.17) is 4.74 Å². The van der Waals surface area contributed by atoms with Crippen molar-refractivity contribution >= 4 is 27.6 Å². The second kappa shape index (κ2) is 6.58. The number of phenols is 1. The number of carbonyl (C=O) groups excluding carboxylic acids is 1. The number of esters is 1. The van der Waals surface area contributed by atoms with Gasteiger partial charge in [0.2, 0.25) is 0 Å². The van der Waals surface area contributed by atoms with E-state index < -0.39 is 23.6 Å². The van der Waals surface area contributed by atoms with Crippen LogP contribution in [0.5, 0.6) is 5.75 Å². The van der Waals surface area contributed by atoms with Gasteiger partial charge in [-0.1, -0.05) is 22.0 Å². The third-order valence-corrected chi connectivity index (χ3v) is 3.43. The smallest absolute Gasteiger partial charge is 0.332 e. The fourth-order valence-corrected chi connectivity index (χ4v) is 2.08. The predicted octanol–water partition coefficient (Wildman–Crippen LogP) is 3.62. The maximum absolute atomic E-state index is 13.5. The van der Waals surface area contributed by atoms with Gasteiger partial charge in [0.05, 0.1) is 7.11 Å². The summed E-state index contributed by atoms with van der Waals surface area (Å²) in [4.78, 5) is 11.9. The van der Waals surface area contributed by atoms with Crippen molar-refractivity contribution in [1.29, 1.82) is 0 Å². The second-order valence-electron chi connectivity index (χ2n) is 4.32. The van der Waals surface area contributed by atoms with Gasteiger partial charge < -0.3 is 15.2 Å². The van der Waals surface area contributed by atoms with E-state index in [0.717, 1.165) is 10.5 Å². The number of carbonyl (C=O) groups is 1. The highest BCUT2D eigenvalue weighted by Gasteiger charge is 2.22. The van der Waals surface area contributed by atoms with Crippen molar-refractivity contribution < 1.29 is 19.0 Å². The largest absolute Gasteiger partial charge is 0.505 e. The molecule has 2 aromatic rings. The molecule has 1 unspecified atom stereocenters. The lowest BCUT2D eigenvalue weighted by molar-refractivity contribution is -0.141. The molecule has 0 aliphatic carbocycles. The molecular weight excluding hydrogens is 341 g/mol. The van der Waals surface area contributed by atoms with Gasteiger partial charge in [-0.15, -0.1) is 0 Å². The third kappa shape index (κ3) is 3.72. The summed E-state index contributed by atoms with van der Waals surface area (Å²) in [6.07, 6.45) is 0. The van der Waals surface area contributed by atoms with E-state index in [-0.39, 0.29) is 0 Å². The Hall–Kier alpha value is -2.08. The number of benzene rings is 2. The molecule has 4 nitrogen and oxygen atoms in total. The van der Waals surface area contributed by atoms with Gasteiger partial charge >= 0.3 is 5.97 Å². The number of halogens is 2. The average molecular weight is 354 g/mol. The van der Waals surface area contributed by atoms with Crippen LogP contribution in [0.3, 0.4) is 0 Å². The van der Waals surface area contributed by atoms with Crippen LogP contribution in [0.2, 0.25) is 0 Å². The first-order valence-corrected chi connectivity index (χ1v) is 6.89. The standard InChI is InChI=1S/C15H13BrFNO3/c1-21-15(20)14(9-2-7-13(19)12(17)8-9)18-11-5-3-10(16)4-6-11/h2-8,14,18-19H,1H3. The molecule has 110 valence electrons. The monoisotopic (exact) mass is 353 g/mol. The van der Waals surface area contributed by atoms with E-state index in [1.165, 1.54) is 19.2 Å². The number of nitrogens with one attached hydrogen (secondary N) is 1. The number of ether oxygens (including phenoxy) is 1. The van der Waals surface area contributed by atoms with E-state index in [0.29, 0.717) is 11.3 Å². The molecule has 1 atom stereocenters. The highest BCUT2D eigenvalue weighted by molar-refractivity contribution is 9.10. The highest BCUT2D eigenvalue weighted by atomic mass is 79.9. The van der Waals surface area contributed by atoms with Gasteiger partial charge in [-0.2, -0.15) is 0 Å². The van der Waals surface area contributed by atoms with Crippen LogP contribution in [0, 0.1) is 5.82 Å². The quantitative estimate of drug-likeness (QED) is 0.824. The van der Waals surface area contributed by atoms with E-state index in [9.17, 15) is 14.3 Å². The molecule has 2 aromatic carbocycles. The van der Waals surface area contributed by atoms with E-state index in [1.807, 2.05) is 12.1 Å². The van der Waals surface area contributed by atoms with Crippen molar-refractivity contribution in [3.63, 3.8) is 0 Å². The summed E-state index contributed by atoms with van der Waals surface area (Å²) in [6, 6.07) is 10.1. The fraction of sp³-hybridized carbons (Fsp3) is 0.133. The topological polar surface area (TPSA) is 58.6 Å². The van der Waals surface area contributed by atoms with Crippen molar-refractivity contribution in [1.82, 2.24) is 0 Å². The van der Waals surface area contributed by atoms with Crippen molar-refractivity contribution in [3.8, 4) is 5.75 Å². The van der Waals surface area contributed by atoms with Crippen LogP contribution in [0.4, 0.5) is 10.1 Å². The predicted molar refractivity (Wildman–Crippen MR) is 80.6 cm³/mol. The Labute approximate surface area is 129 Å². The summed E-state index contributed by atoms with van der Waals surface area (Å²) in [7, 11) is 1.26. The Kier molecular flexibility index (Phi) is 4.80. The number of aromatic hydroxyl groups is 1. The minimum atomic E-state index is -0.869. The van der Waals surface area contributed by atoms with Crippen LogP contribution in [0.25, 0.3) is 0 Å². The molecule has 0 amide bonds.